The molecule has 3 saturated heterocycles. The van der Waals surface area contributed by atoms with E-state index in [9.17, 15) is 39.6 Å². The molecule has 0 aromatic heterocycles. The van der Waals surface area contributed by atoms with Gasteiger partial charge in [-0.15, -0.1) is 0 Å². The van der Waals surface area contributed by atoms with E-state index in [2.05, 4.69) is 0 Å². The summed E-state index contributed by atoms with van der Waals surface area (Å²) in [6.07, 6.45) is -11.1. The van der Waals surface area contributed by atoms with Crippen LogP contribution in [-0.4, -0.2) is 198 Å². The average molecular weight is 904 g/mol. The smallest absolute Gasteiger partial charge is 0.315 e. The van der Waals surface area contributed by atoms with Crippen molar-refractivity contribution in [2.45, 2.75) is 186 Å². The highest BCUT2D eigenvalue weighted by Crippen LogP contribution is 2.41. The van der Waals surface area contributed by atoms with Gasteiger partial charge in [-0.3, -0.25) is 19.2 Å². The Hall–Kier alpha value is -2.36. The van der Waals surface area contributed by atoms with Gasteiger partial charge in [0.15, 0.2) is 18.7 Å². The minimum atomic E-state index is -2.05. The number of cyclic esters (lactones) is 1. The zero-order valence-corrected chi connectivity index (χ0v) is 40.7. The summed E-state index contributed by atoms with van der Waals surface area (Å²) in [7, 11) is 10.5. The molecular weight excluding hydrogens is 823 g/mol. The third-order valence-electron chi connectivity index (χ3n) is 13.6. The molecule has 0 aromatic rings. The second kappa shape index (κ2) is 22.4. The molecule has 3 rings (SSSR count). The Morgan fingerprint density at radius 2 is 1.48 bits per heavy atom. The monoisotopic (exact) mass is 904 g/mol. The zero-order valence-electron chi connectivity index (χ0n) is 40.7. The molecular formula is C45H81N3O15. The maximum atomic E-state index is 14.4. The van der Waals surface area contributed by atoms with Crippen LogP contribution in [0.2, 0.25) is 0 Å². The van der Waals surface area contributed by atoms with Crippen LogP contribution in [0.5, 0.6) is 0 Å². The summed E-state index contributed by atoms with van der Waals surface area (Å²) in [5, 5.41) is 47.4. The SMILES string of the molecule is CC[C@H]1OC(=O)[C@H](C)[C@@H](OC2C[C@@](C)(OC)[C@@H](OC(=O)CC(=O)N(C)CCN(C)C)[C@H](C)O2)[C@H](C)[C@@H](OC2O[C@H](C)C[C@H](N(C)C)[C@H]2O)[C@](C)(O)C[C@@H](C)C(=O)[C@H](C)[C@@H](O)[C@]1(C)O. The normalized spacial score (nSPS) is 42.4. The number of nitrogens with zero attached hydrogens (tertiary/aromatic N) is 3. The van der Waals surface area contributed by atoms with E-state index in [1.54, 1.807) is 48.6 Å². The van der Waals surface area contributed by atoms with Gasteiger partial charge in [0.2, 0.25) is 5.91 Å². The first kappa shape index (κ1) is 55.0. The molecule has 2 unspecified atom stereocenters. The first-order chi connectivity index (χ1) is 29.0. The molecule has 3 heterocycles. The van der Waals surface area contributed by atoms with Crippen molar-refractivity contribution >= 4 is 23.6 Å². The summed E-state index contributed by atoms with van der Waals surface area (Å²) in [6.45, 7) is 17.2. The maximum Gasteiger partial charge on any atom is 0.315 e. The van der Waals surface area contributed by atoms with E-state index in [1.165, 1.54) is 32.8 Å². The van der Waals surface area contributed by atoms with E-state index >= 15 is 0 Å². The first-order valence-corrected chi connectivity index (χ1v) is 22.5. The van der Waals surface area contributed by atoms with Crippen LogP contribution in [0.15, 0.2) is 0 Å². The van der Waals surface area contributed by atoms with Crippen molar-refractivity contribution in [1.29, 1.82) is 0 Å². The number of hydrogen-bond acceptors (Lipinski definition) is 17. The minimum Gasteiger partial charge on any atom is -0.459 e. The molecule has 18 nitrogen and oxygen atoms in total. The third kappa shape index (κ3) is 13.4. The number of ether oxygens (including phenoxy) is 7. The Morgan fingerprint density at radius 3 is 2.03 bits per heavy atom. The largest absolute Gasteiger partial charge is 0.459 e. The number of aliphatic hydroxyl groups excluding tert-OH is 2. The molecule has 18 atom stereocenters. The van der Waals surface area contributed by atoms with Crippen LogP contribution < -0.4 is 0 Å². The van der Waals surface area contributed by atoms with Crippen molar-refractivity contribution in [1.82, 2.24) is 14.7 Å². The summed E-state index contributed by atoms with van der Waals surface area (Å²) < 4.78 is 43.9. The average Bonchev–Trinajstić information content (AvgIpc) is 3.19. The Kier molecular flexibility index (Phi) is 19.6. The molecule has 3 aliphatic heterocycles. The summed E-state index contributed by atoms with van der Waals surface area (Å²) in [5.74, 6) is -6.48. The number of aliphatic hydroxyl groups is 4. The molecule has 3 fully saturated rings. The van der Waals surface area contributed by atoms with Gasteiger partial charge in [0.25, 0.3) is 0 Å². The predicted octanol–water partition coefficient (Wildman–Crippen LogP) is 1.75. The van der Waals surface area contributed by atoms with Crippen molar-refractivity contribution in [3.63, 3.8) is 0 Å². The first-order valence-electron chi connectivity index (χ1n) is 22.5. The fourth-order valence-corrected chi connectivity index (χ4v) is 9.53. The van der Waals surface area contributed by atoms with Gasteiger partial charge >= 0.3 is 11.9 Å². The van der Waals surface area contributed by atoms with Crippen LogP contribution in [0, 0.1) is 23.7 Å². The molecule has 0 bridgehead atoms. The van der Waals surface area contributed by atoms with Crippen LogP contribution >= 0.6 is 0 Å². The molecule has 1 amide bonds. The topological polar surface area (TPSA) is 224 Å². The van der Waals surface area contributed by atoms with Gasteiger partial charge in [0.05, 0.1) is 42.0 Å². The maximum absolute atomic E-state index is 14.4. The Labute approximate surface area is 375 Å². The van der Waals surface area contributed by atoms with Gasteiger partial charge in [0.1, 0.15) is 35.6 Å². The van der Waals surface area contributed by atoms with Crippen LogP contribution in [0.25, 0.3) is 0 Å². The standard InChI is InChI=1S/C45H81N3O15/c1-17-31-45(10,56)38(53)26(4)35(51)24(2)22-43(8,55)39(63-42-36(52)30(47(13)14)20-25(3)58-42)27(5)37(28(6)41(54)60-31)62-34-23-44(9,57-16)40(29(7)59-34)61-33(50)21-32(49)48(15)19-18-46(11)12/h24-31,34,36-40,42,52-53,55-56H,17-23H2,1-16H3/t24-,25-,26+,27+,28-,29+,30+,31-,34?,36-,37+,38-,39-,40+,42?,43-,44-,45-/m1/s1. The molecule has 18 heteroatoms. The highest BCUT2D eigenvalue weighted by molar-refractivity contribution is 5.94. The lowest BCUT2D eigenvalue weighted by Crippen LogP contribution is -2.61. The Bertz CT molecular complexity index is 1530. The van der Waals surface area contributed by atoms with Gasteiger partial charge in [-0.1, -0.05) is 27.7 Å². The number of carbonyl (C=O) groups is 4. The summed E-state index contributed by atoms with van der Waals surface area (Å²) in [6, 6.07) is -0.368. The minimum absolute atomic E-state index is 0.0240. The molecule has 366 valence electrons. The van der Waals surface area contributed by atoms with E-state index in [4.69, 9.17) is 33.2 Å². The summed E-state index contributed by atoms with van der Waals surface area (Å²) >= 11 is 0. The van der Waals surface area contributed by atoms with Crippen LogP contribution in [-0.2, 0) is 52.3 Å². The Morgan fingerprint density at radius 1 is 0.857 bits per heavy atom. The molecule has 0 saturated carbocycles. The number of hydrogen-bond donors (Lipinski definition) is 4. The lowest BCUT2D eigenvalue weighted by atomic mass is 9.74. The van der Waals surface area contributed by atoms with Crippen LogP contribution in [0.3, 0.4) is 0 Å². The number of carbonyl (C=O) groups excluding carboxylic acids is 4. The zero-order chi connectivity index (χ0) is 48.1. The van der Waals surface area contributed by atoms with Gasteiger partial charge in [-0.25, -0.2) is 0 Å². The molecule has 0 aliphatic carbocycles. The summed E-state index contributed by atoms with van der Waals surface area (Å²) in [4.78, 5) is 59.6. The Balaban J connectivity index is 2.09. The van der Waals surface area contributed by atoms with Crippen molar-refractivity contribution < 1.29 is 72.8 Å². The van der Waals surface area contributed by atoms with E-state index < -0.39 is 126 Å². The van der Waals surface area contributed by atoms with Gasteiger partial charge in [0, 0.05) is 57.5 Å². The van der Waals surface area contributed by atoms with Crippen LogP contribution in [0.1, 0.15) is 101 Å². The highest BCUT2D eigenvalue weighted by Gasteiger charge is 2.54. The van der Waals surface area contributed by atoms with Gasteiger partial charge < -0.3 is 68.3 Å². The molecule has 0 aromatic carbocycles. The van der Waals surface area contributed by atoms with Crippen LogP contribution in [0.4, 0.5) is 0 Å². The third-order valence-corrected chi connectivity index (χ3v) is 13.6. The molecule has 4 N–H and O–H groups in total. The summed E-state index contributed by atoms with van der Waals surface area (Å²) in [5.41, 5.74) is -5.13. The van der Waals surface area contributed by atoms with Crippen molar-refractivity contribution in [2.75, 3.05) is 55.4 Å². The lowest BCUT2D eigenvalue weighted by Gasteiger charge is -2.49. The molecule has 0 spiro atoms. The van der Waals surface area contributed by atoms with Gasteiger partial charge in [-0.05, 0) is 89.0 Å². The van der Waals surface area contributed by atoms with E-state index in [0.29, 0.717) is 19.5 Å². The van der Waals surface area contributed by atoms with E-state index in [1.807, 2.05) is 44.9 Å². The highest BCUT2D eigenvalue weighted by atomic mass is 16.7. The van der Waals surface area contributed by atoms with Crippen molar-refractivity contribution in [3.05, 3.63) is 0 Å². The number of ketones is 1. The molecule has 3 aliphatic rings. The lowest BCUT2D eigenvalue weighted by molar-refractivity contribution is -0.318. The van der Waals surface area contributed by atoms with Crippen molar-refractivity contribution in [3.8, 4) is 0 Å². The number of likely N-dealkylation sites (N-methyl/N-ethyl adjacent to an activating group) is 3. The molecule has 63 heavy (non-hydrogen) atoms. The fourth-order valence-electron chi connectivity index (χ4n) is 9.53. The second-order valence-corrected chi connectivity index (χ2v) is 19.7. The van der Waals surface area contributed by atoms with E-state index in [-0.39, 0.29) is 31.4 Å². The van der Waals surface area contributed by atoms with Crippen molar-refractivity contribution in [2.24, 2.45) is 23.7 Å². The number of methoxy groups -OCH3 is 1. The number of rotatable bonds is 13. The number of amides is 1. The predicted molar refractivity (Wildman–Crippen MR) is 231 cm³/mol. The fraction of sp³-hybridized carbons (Fsp3) is 0.911. The number of Topliss-reactive ketones (excluding diaryl/α,β-unsaturated/α-hetero) is 1. The van der Waals surface area contributed by atoms with Gasteiger partial charge in [-0.2, -0.15) is 0 Å². The number of esters is 2. The second-order valence-electron chi connectivity index (χ2n) is 19.7. The van der Waals surface area contributed by atoms with E-state index in [0.717, 1.165) is 0 Å². The quantitative estimate of drug-likeness (QED) is 0.153. The molecule has 0 radical (unpaired) electrons.